The molecule has 3 aromatic rings. The number of furan rings is 2. The van der Waals surface area contributed by atoms with Crippen LogP contribution in [0.25, 0.3) is 6.08 Å². The molecule has 11 nitrogen and oxygen atoms in total. The van der Waals surface area contributed by atoms with Crippen molar-refractivity contribution in [2.75, 3.05) is 32.9 Å². The van der Waals surface area contributed by atoms with E-state index < -0.39 is 34.5 Å². The van der Waals surface area contributed by atoms with E-state index in [4.69, 9.17) is 23.4 Å². The number of carbonyl (C=O) groups is 2. The van der Waals surface area contributed by atoms with Crippen molar-refractivity contribution in [1.29, 1.82) is 0 Å². The number of amides is 1. The number of aryl methyl sites for hydroxylation is 1. The van der Waals surface area contributed by atoms with Crippen LogP contribution < -0.4 is 0 Å². The Morgan fingerprint density at radius 1 is 1.10 bits per heavy atom. The summed E-state index contributed by atoms with van der Waals surface area (Å²) >= 11 is 0. The number of rotatable bonds is 7. The zero-order valence-electron chi connectivity index (χ0n) is 23.1. The zero-order chi connectivity index (χ0) is 29.3. The highest BCUT2D eigenvalue weighted by atomic mass is 32.2. The van der Waals surface area contributed by atoms with Crippen molar-refractivity contribution in [3.05, 3.63) is 83.2 Å². The molecule has 0 spiro atoms. The Kier molecular flexibility index (Phi) is 7.84. The van der Waals surface area contributed by atoms with Crippen molar-refractivity contribution in [3.8, 4) is 0 Å². The summed E-state index contributed by atoms with van der Waals surface area (Å²) < 4.78 is 49.7. The molecule has 12 heteroatoms. The number of fused-ring (bicyclic) bond motifs is 1. The van der Waals surface area contributed by atoms with Gasteiger partial charge in [-0.1, -0.05) is 6.07 Å². The molecule has 2 unspecified atom stereocenters. The largest absolute Gasteiger partial charge is 0.467 e. The predicted octanol–water partition coefficient (Wildman–Crippen LogP) is 4.18. The van der Waals surface area contributed by atoms with E-state index in [-0.39, 0.29) is 29.5 Å². The van der Waals surface area contributed by atoms with E-state index in [0.29, 0.717) is 30.3 Å². The number of esters is 1. The molecule has 1 aromatic carbocycles. The van der Waals surface area contributed by atoms with Crippen LogP contribution in [0.4, 0.5) is 0 Å². The maximum atomic E-state index is 13.5. The van der Waals surface area contributed by atoms with Gasteiger partial charge in [0.15, 0.2) is 6.61 Å². The normalized spacial score (nSPS) is 22.2. The Bertz CT molecular complexity index is 1620. The van der Waals surface area contributed by atoms with E-state index in [2.05, 4.69) is 0 Å². The maximum absolute atomic E-state index is 13.5. The van der Waals surface area contributed by atoms with E-state index >= 15 is 0 Å². The van der Waals surface area contributed by atoms with Crippen LogP contribution in [0, 0.1) is 12.8 Å². The van der Waals surface area contributed by atoms with Crippen molar-refractivity contribution < 1.29 is 36.3 Å². The maximum Gasteiger partial charge on any atom is 0.338 e. The van der Waals surface area contributed by atoms with Gasteiger partial charge < -0.3 is 18.3 Å². The third-order valence-electron chi connectivity index (χ3n) is 7.79. The number of hydrazone groups is 1. The van der Waals surface area contributed by atoms with Crippen molar-refractivity contribution in [1.82, 2.24) is 9.31 Å². The molecule has 2 aromatic heterocycles. The van der Waals surface area contributed by atoms with Gasteiger partial charge in [0.25, 0.3) is 5.91 Å². The first-order chi connectivity index (χ1) is 20.3. The molecular weight excluding hydrogens is 562 g/mol. The lowest BCUT2D eigenvalue weighted by Gasteiger charge is -2.27. The van der Waals surface area contributed by atoms with Gasteiger partial charge in [0.2, 0.25) is 10.0 Å². The number of sulfonamides is 1. The molecule has 1 saturated heterocycles. The quantitative estimate of drug-likeness (QED) is 0.373. The second kappa shape index (κ2) is 11.7. The lowest BCUT2D eigenvalue weighted by atomic mass is 9.79. The SMILES string of the molecule is Cc1ccc(C(=O)OCC(=O)N2N=C3C(=Cc4ccco4)CCCC3C2c2ccco2)cc1S(=O)(=O)N1CCOCC1. The number of ether oxygens (including phenoxy) is 2. The van der Waals surface area contributed by atoms with E-state index in [0.717, 1.165) is 30.5 Å². The first kappa shape index (κ1) is 28.1. The molecule has 220 valence electrons. The molecule has 2 fully saturated rings. The lowest BCUT2D eigenvalue weighted by Crippen LogP contribution is -2.40. The molecule has 2 aliphatic heterocycles. The van der Waals surface area contributed by atoms with Crippen molar-refractivity contribution in [2.24, 2.45) is 11.0 Å². The zero-order valence-corrected chi connectivity index (χ0v) is 23.9. The molecule has 1 aliphatic carbocycles. The Hall–Kier alpha value is -4.00. The minimum absolute atomic E-state index is 0.0222. The second-order valence-electron chi connectivity index (χ2n) is 10.4. The fourth-order valence-corrected chi connectivity index (χ4v) is 7.36. The van der Waals surface area contributed by atoms with Crippen LogP contribution in [0.2, 0.25) is 0 Å². The van der Waals surface area contributed by atoms with Gasteiger partial charge in [0.1, 0.15) is 17.6 Å². The Morgan fingerprint density at radius 3 is 2.62 bits per heavy atom. The third-order valence-corrected chi connectivity index (χ3v) is 9.83. The van der Waals surface area contributed by atoms with Gasteiger partial charge in [-0.3, -0.25) is 4.79 Å². The molecular formula is C30H31N3O8S. The van der Waals surface area contributed by atoms with Crippen molar-refractivity contribution in [2.45, 2.75) is 37.1 Å². The van der Waals surface area contributed by atoms with Crippen LogP contribution in [0.1, 0.15) is 52.7 Å². The fraction of sp³-hybridized carbons (Fsp3) is 0.367. The summed E-state index contributed by atoms with van der Waals surface area (Å²) in [4.78, 5) is 26.5. The predicted molar refractivity (Wildman–Crippen MR) is 151 cm³/mol. The molecule has 2 atom stereocenters. The lowest BCUT2D eigenvalue weighted by molar-refractivity contribution is -0.137. The highest BCUT2D eigenvalue weighted by Gasteiger charge is 2.45. The summed E-state index contributed by atoms with van der Waals surface area (Å²) in [5.41, 5.74) is 2.31. The smallest absolute Gasteiger partial charge is 0.338 e. The Morgan fingerprint density at radius 2 is 1.88 bits per heavy atom. The van der Waals surface area contributed by atoms with Gasteiger partial charge >= 0.3 is 5.97 Å². The molecule has 6 rings (SSSR count). The van der Waals surface area contributed by atoms with Crippen molar-refractivity contribution >= 4 is 33.7 Å². The first-order valence-corrected chi connectivity index (χ1v) is 15.3. The van der Waals surface area contributed by atoms with Gasteiger partial charge in [-0.05, 0) is 79.8 Å². The first-order valence-electron chi connectivity index (χ1n) is 13.9. The number of allylic oxidation sites excluding steroid dienone is 1. The number of carbonyl (C=O) groups excluding carboxylic acids is 2. The summed E-state index contributed by atoms with van der Waals surface area (Å²) in [6.07, 6.45) is 7.62. The molecule has 0 radical (unpaired) electrons. The summed E-state index contributed by atoms with van der Waals surface area (Å²) in [5.74, 6) is -0.115. The Labute approximate surface area is 243 Å². The molecule has 1 saturated carbocycles. The number of benzene rings is 1. The number of hydrogen-bond donors (Lipinski definition) is 0. The second-order valence-corrected chi connectivity index (χ2v) is 12.3. The summed E-state index contributed by atoms with van der Waals surface area (Å²) in [6, 6.07) is 11.1. The average Bonchev–Trinajstić information content (AvgIpc) is 3.78. The minimum Gasteiger partial charge on any atom is -0.467 e. The average molecular weight is 594 g/mol. The van der Waals surface area contributed by atoms with Crippen LogP contribution in [0.5, 0.6) is 0 Å². The van der Waals surface area contributed by atoms with Crippen LogP contribution in [0.3, 0.4) is 0 Å². The molecule has 4 heterocycles. The molecule has 0 bridgehead atoms. The Balaban J connectivity index is 1.21. The van der Waals surface area contributed by atoms with E-state index in [1.54, 1.807) is 31.6 Å². The molecule has 42 heavy (non-hydrogen) atoms. The van der Waals surface area contributed by atoms with Gasteiger partial charge in [0.05, 0.1) is 41.9 Å². The highest BCUT2D eigenvalue weighted by Crippen LogP contribution is 2.44. The monoisotopic (exact) mass is 593 g/mol. The summed E-state index contributed by atoms with van der Waals surface area (Å²) in [6.45, 7) is 2.18. The van der Waals surface area contributed by atoms with Crippen LogP contribution in [0.15, 0.2) is 79.4 Å². The van der Waals surface area contributed by atoms with Gasteiger partial charge in [-0.15, -0.1) is 0 Å². The topological polar surface area (TPSA) is 132 Å². The van der Waals surface area contributed by atoms with Gasteiger partial charge in [0, 0.05) is 19.0 Å². The van der Waals surface area contributed by atoms with Crippen molar-refractivity contribution in [3.63, 3.8) is 0 Å². The van der Waals surface area contributed by atoms with Gasteiger partial charge in [-0.25, -0.2) is 18.2 Å². The highest BCUT2D eigenvalue weighted by molar-refractivity contribution is 7.89. The summed E-state index contributed by atoms with van der Waals surface area (Å²) in [5, 5.41) is 6.06. The van der Waals surface area contributed by atoms with Gasteiger partial charge in [-0.2, -0.15) is 9.41 Å². The number of morpholine rings is 1. The van der Waals surface area contributed by atoms with Crippen LogP contribution in [-0.4, -0.2) is 68.2 Å². The number of nitrogens with zero attached hydrogens (tertiary/aromatic N) is 3. The van der Waals surface area contributed by atoms with E-state index in [1.165, 1.54) is 21.4 Å². The molecule has 1 amide bonds. The number of hydrogen-bond acceptors (Lipinski definition) is 9. The third kappa shape index (κ3) is 5.44. The molecule has 3 aliphatic rings. The summed E-state index contributed by atoms with van der Waals surface area (Å²) in [7, 11) is -3.83. The standard InChI is InChI=1S/C30H31N3O8S/c1-20-9-10-22(18-26(20)42(36,37)32-11-15-38-16-12-32)30(35)41-19-27(34)33-29(25-8-4-14-40-25)24-7-2-5-21(28(24)31-33)17-23-6-3-13-39-23/h3-4,6,8-10,13-14,17-18,24,29H,2,5,7,11-12,15-16,19H2,1H3. The van der Waals surface area contributed by atoms with Crippen LogP contribution in [-0.2, 0) is 24.3 Å². The fourth-order valence-electron chi connectivity index (χ4n) is 5.70. The minimum atomic E-state index is -3.83. The van der Waals surface area contributed by atoms with E-state index in [1.807, 2.05) is 24.3 Å². The van der Waals surface area contributed by atoms with Crippen LogP contribution >= 0.6 is 0 Å². The molecule has 0 N–H and O–H groups in total. The van der Waals surface area contributed by atoms with E-state index in [9.17, 15) is 18.0 Å².